The Morgan fingerprint density at radius 1 is 1.54 bits per heavy atom. The highest BCUT2D eigenvalue weighted by atomic mass is 16.5. The highest BCUT2D eigenvalue weighted by Gasteiger charge is 2.24. The summed E-state index contributed by atoms with van der Waals surface area (Å²) >= 11 is 0. The molecule has 0 amide bonds. The van der Waals surface area contributed by atoms with Crippen LogP contribution >= 0.6 is 0 Å². The molecule has 0 radical (unpaired) electrons. The summed E-state index contributed by atoms with van der Waals surface area (Å²) in [6.45, 7) is 7.39. The fraction of sp³-hybridized carbons (Fsp3) is 1.00. The van der Waals surface area contributed by atoms with Crippen LogP contribution in [-0.2, 0) is 4.74 Å². The van der Waals surface area contributed by atoms with Crippen molar-refractivity contribution in [3.05, 3.63) is 0 Å². The van der Waals surface area contributed by atoms with E-state index in [9.17, 15) is 0 Å². The molecule has 1 heterocycles. The summed E-state index contributed by atoms with van der Waals surface area (Å²) in [5.74, 6) is 1.48. The van der Waals surface area contributed by atoms with E-state index in [1.807, 2.05) is 0 Å². The Balaban J connectivity index is 2.27. The van der Waals surface area contributed by atoms with Crippen molar-refractivity contribution in [1.29, 1.82) is 0 Å². The Bertz CT molecular complexity index is 139. The molecule has 0 spiro atoms. The first-order chi connectivity index (χ1) is 6.27. The molecule has 0 aromatic rings. The SMILES string of the molecule is COCCN1CCC(C)C(CN)C1. The van der Waals surface area contributed by atoms with Crippen LogP contribution in [0.5, 0.6) is 0 Å². The first kappa shape index (κ1) is 11.0. The van der Waals surface area contributed by atoms with Gasteiger partial charge in [0, 0.05) is 20.2 Å². The summed E-state index contributed by atoms with van der Waals surface area (Å²) in [4.78, 5) is 2.46. The molecule has 3 heteroatoms. The minimum absolute atomic E-state index is 0.686. The van der Waals surface area contributed by atoms with Gasteiger partial charge in [-0.1, -0.05) is 6.92 Å². The summed E-state index contributed by atoms with van der Waals surface area (Å²) < 4.78 is 5.07. The zero-order valence-corrected chi connectivity index (χ0v) is 8.83. The number of nitrogens with two attached hydrogens (primary N) is 1. The van der Waals surface area contributed by atoms with Crippen molar-refractivity contribution in [3.8, 4) is 0 Å². The largest absolute Gasteiger partial charge is 0.383 e. The molecule has 1 aliphatic rings. The van der Waals surface area contributed by atoms with Crippen LogP contribution in [0, 0.1) is 11.8 Å². The van der Waals surface area contributed by atoms with E-state index in [1.165, 1.54) is 13.0 Å². The van der Waals surface area contributed by atoms with E-state index in [4.69, 9.17) is 10.5 Å². The number of nitrogens with zero attached hydrogens (tertiary/aromatic N) is 1. The molecule has 13 heavy (non-hydrogen) atoms. The summed E-state index contributed by atoms with van der Waals surface area (Å²) in [6.07, 6.45) is 1.28. The van der Waals surface area contributed by atoms with Gasteiger partial charge in [-0.15, -0.1) is 0 Å². The molecule has 1 saturated heterocycles. The highest BCUT2D eigenvalue weighted by molar-refractivity contribution is 4.78. The summed E-state index contributed by atoms with van der Waals surface area (Å²) in [5.41, 5.74) is 5.73. The highest BCUT2D eigenvalue weighted by Crippen LogP contribution is 2.21. The molecule has 2 atom stereocenters. The van der Waals surface area contributed by atoms with Gasteiger partial charge in [0.2, 0.25) is 0 Å². The quantitative estimate of drug-likeness (QED) is 0.697. The predicted molar refractivity (Wildman–Crippen MR) is 54.6 cm³/mol. The lowest BCUT2D eigenvalue weighted by molar-refractivity contribution is 0.0934. The third-order valence-corrected chi connectivity index (χ3v) is 3.11. The van der Waals surface area contributed by atoms with Gasteiger partial charge in [-0.3, -0.25) is 0 Å². The third kappa shape index (κ3) is 3.25. The number of methoxy groups -OCH3 is 1. The summed E-state index contributed by atoms with van der Waals surface area (Å²) in [7, 11) is 1.76. The number of piperidine rings is 1. The molecule has 0 bridgehead atoms. The maximum Gasteiger partial charge on any atom is 0.0589 e. The molecule has 1 aliphatic heterocycles. The smallest absolute Gasteiger partial charge is 0.0589 e. The molecular formula is C10H22N2O. The lowest BCUT2D eigenvalue weighted by atomic mass is 9.87. The van der Waals surface area contributed by atoms with Gasteiger partial charge in [0.05, 0.1) is 6.61 Å². The van der Waals surface area contributed by atoms with E-state index < -0.39 is 0 Å². The molecule has 2 unspecified atom stereocenters. The van der Waals surface area contributed by atoms with Gasteiger partial charge in [-0.25, -0.2) is 0 Å². The molecule has 2 N–H and O–H groups in total. The van der Waals surface area contributed by atoms with Crippen molar-refractivity contribution in [3.63, 3.8) is 0 Å². The second kappa shape index (κ2) is 5.58. The van der Waals surface area contributed by atoms with E-state index in [1.54, 1.807) is 7.11 Å². The van der Waals surface area contributed by atoms with Crippen LogP contribution in [-0.4, -0.2) is 44.8 Å². The van der Waals surface area contributed by atoms with Crippen LogP contribution in [0.15, 0.2) is 0 Å². The van der Waals surface area contributed by atoms with Crippen molar-refractivity contribution < 1.29 is 4.74 Å². The summed E-state index contributed by atoms with van der Waals surface area (Å²) in [5, 5.41) is 0. The first-order valence-electron chi connectivity index (χ1n) is 5.19. The van der Waals surface area contributed by atoms with E-state index in [0.717, 1.165) is 32.2 Å². The van der Waals surface area contributed by atoms with E-state index in [0.29, 0.717) is 5.92 Å². The molecule has 0 saturated carbocycles. The molecule has 3 nitrogen and oxygen atoms in total. The van der Waals surface area contributed by atoms with Gasteiger partial charge < -0.3 is 15.4 Å². The van der Waals surface area contributed by atoms with Crippen LogP contribution in [0.1, 0.15) is 13.3 Å². The Labute approximate surface area is 81.2 Å². The van der Waals surface area contributed by atoms with Crippen molar-refractivity contribution in [2.45, 2.75) is 13.3 Å². The molecule has 0 aliphatic carbocycles. The molecule has 1 fully saturated rings. The molecule has 0 aromatic carbocycles. The fourth-order valence-corrected chi connectivity index (χ4v) is 1.96. The Hall–Kier alpha value is -0.120. The lowest BCUT2D eigenvalue weighted by Gasteiger charge is -2.36. The Morgan fingerprint density at radius 3 is 2.92 bits per heavy atom. The van der Waals surface area contributed by atoms with Crippen LogP contribution in [0.4, 0.5) is 0 Å². The van der Waals surface area contributed by atoms with Gasteiger partial charge in [0.1, 0.15) is 0 Å². The first-order valence-corrected chi connectivity index (χ1v) is 5.19. The number of hydrogen-bond acceptors (Lipinski definition) is 3. The van der Waals surface area contributed by atoms with Gasteiger partial charge in [0.25, 0.3) is 0 Å². The van der Waals surface area contributed by atoms with Crippen LogP contribution < -0.4 is 5.73 Å². The van der Waals surface area contributed by atoms with E-state index >= 15 is 0 Å². The molecule has 0 aromatic heterocycles. The number of rotatable bonds is 4. The van der Waals surface area contributed by atoms with Gasteiger partial charge in [-0.05, 0) is 31.3 Å². The second-order valence-electron chi connectivity index (χ2n) is 4.06. The lowest BCUT2D eigenvalue weighted by Crippen LogP contribution is -2.43. The molecule has 1 rings (SSSR count). The monoisotopic (exact) mass is 186 g/mol. The molecule has 78 valence electrons. The number of hydrogen-bond donors (Lipinski definition) is 1. The minimum atomic E-state index is 0.686. The van der Waals surface area contributed by atoms with Crippen molar-refractivity contribution >= 4 is 0 Å². The van der Waals surface area contributed by atoms with Gasteiger partial charge in [0.15, 0.2) is 0 Å². The standard InChI is InChI=1S/C10H22N2O/c1-9-3-4-12(5-6-13-2)8-10(9)7-11/h9-10H,3-8,11H2,1-2H3. The van der Waals surface area contributed by atoms with Crippen molar-refractivity contribution in [1.82, 2.24) is 4.90 Å². The van der Waals surface area contributed by atoms with Crippen LogP contribution in [0.2, 0.25) is 0 Å². The summed E-state index contributed by atoms with van der Waals surface area (Å²) in [6, 6.07) is 0. The van der Waals surface area contributed by atoms with Crippen molar-refractivity contribution in [2.75, 3.05) is 39.9 Å². The zero-order chi connectivity index (χ0) is 9.68. The number of likely N-dealkylation sites (tertiary alicyclic amines) is 1. The maximum absolute atomic E-state index is 5.73. The predicted octanol–water partition coefficient (Wildman–Crippen LogP) is 0.550. The van der Waals surface area contributed by atoms with E-state index in [-0.39, 0.29) is 0 Å². The average molecular weight is 186 g/mol. The molecular weight excluding hydrogens is 164 g/mol. The van der Waals surface area contributed by atoms with Gasteiger partial charge in [-0.2, -0.15) is 0 Å². The van der Waals surface area contributed by atoms with E-state index in [2.05, 4.69) is 11.8 Å². The zero-order valence-electron chi connectivity index (χ0n) is 8.83. The maximum atomic E-state index is 5.73. The third-order valence-electron chi connectivity index (χ3n) is 3.11. The van der Waals surface area contributed by atoms with Crippen molar-refractivity contribution in [2.24, 2.45) is 17.6 Å². The van der Waals surface area contributed by atoms with Crippen LogP contribution in [0.25, 0.3) is 0 Å². The average Bonchev–Trinajstić information content (AvgIpc) is 2.16. The Morgan fingerprint density at radius 2 is 2.31 bits per heavy atom. The van der Waals surface area contributed by atoms with Crippen LogP contribution in [0.3, 0.4) is 0 Å². The van der Waals surface area contributed by atoms with Gasteiger partial charge >= 0.3 is 0 Å². The second-order valence-corrected chi connectivity index (χ2v) is 4.06. The topological polar surface area (TPSA) is 38.5 Å². The normalized spacial score (nSPS) is 30.7. The Kier molecular flexibility index (Phi) is 4.70. The number of ether oxygens (including phenoxy) is 1. The fourth-order valence-electron chi connectivity index (χ4n) is 1.96. The minimum Gasteiger partial charge on any atom is -0.383 e.